The van der Waals surface area contributed by atoms with E-state index in [2.05, 4.69) is 28.6 Å². The van der Waals surface area contributed by atoms with Gasteiger partial charge in [0.05, 0.1) is 11.1 Å². The number of amides is 3. The van der Waals surface area contributed by atoms with Gasteiger partial charge in [0, 0.05) is 37.6 Å². The molecule has 7 heteroatoms. The van der Waals surface area contributed by atoms with Gasteiger partial charge < -0.3 is 10.2 Å². The number of carbonyl (C=O) groups excluding carboxylic acids is 3. The first-order valence-corrected chi connectivity index (χ1v) is 9.97. The zero-order valence-electron chi connectivity index (χ0n) is 16.2. The van der Waals surface area contributed by atoms with Gasteiger partial charge in [-0.3, -0.25) is 24.2 Å². The molecule has 1 atom stereocenters. The van der Waals surface area contributed by atoms with Crippen molar-refractivity contribution in [1.29, 1.82) is 0 Å². The van der Waals surface area contributed by atoms with Crippen LogP contribution in [0.2, 0.25) is 0 Å². The second kappa shape index (κ2) is 7.39. The first kappa shape index (κ1) is 18.7. The molecule has 2 saturated heterocycles. The summed E-state index contributed by atoms with van der Waals surface area (Å²) in [5, 5.41) is 2.66. The van der Waals surface area contributed by atoms with E-state index in [-0.39, 0.29) is 17.7 Å². The summed E-state index contributed by atoms with van der Waals surface area (Å²) in [6, 6.07) is 4.68. The fraction of sp³-hybridized carbons (Fsp3) is 0.476. The standard InChI is InChI=1S/C21H26N4O3/c1-3-8-23-9-11-24(12-10-23)15-5-6-16-17(13-15)21(28)25(20(16)27)18-7-4-14(2)22-19(18)26/h5-6,13,18H,2-4,7-12H2,1H3,(H,22,26). The predicted molar refractivity (Wildman–Crippen MR) is 106 cm³/mol. The van der Waals surface area contributed by atoms with Crippen LogP contribution in [0.3, 0.4) is 0 Å². The van der Waals surface area contributed by atoms with Crippen LogP contribution < -0.4 is 10.2 Å². The normalized spacial score (nSPS) is 23.2. The summed E-state index contributed by atoms with van der Waals surface area (Å²) in [6.07, 6.45) is 2.13. The molecule has 0 aromatic heterocycles. The van der Waals surface area contributed by atoms with Crippen molar-refractivity contribution in [2.75, 3.05) is 37.6 Å². The van der Waals surface area contributed by atoms with Gasteiger partial charge in [-0.05, 0) is 44.0 Å². The Balaban J connectivity index is 1.53. The van der Waals surface area contributed by atoms with Crippen molar-refractivity contribution in [2.24, 2.45) is 0 Å². The zero-order chi connectivity index (χ0) is 19.8. The molecule has 148 valence electrons. The van der Waals surface area contributed by atoms with Gasteiger partial charge in [-0.15, -0.1) is 0 Å². The highest BCUT2D eigenvalue weighted by atomic mass is 16.2. The van der Waals surface area contributed by atoms with Crippen LogP contribution in [0.4, 0.5) is 5.69 Å². The molecular weight excluding hydrogens is 356 g/mol. The summed E-state index contributed by atoms with van der Waals surface area (Å²) in [6.45, 7) is 10.8. The first-order chi connectivity index (χ1) is 13.5. The number of hydrogen-bond donors (Lipinski definition) is 1. The van der Waals surface area contributed by atoms with Crippen molar-refractivity contribution in [3.63, 3.8) is 0 Å². The number of allylic oxidation sites excluding steroid dienone is 1. The van der Waals surface area contributed by atoms with Crippen LogP contribution in [0.25, 0.3) is 0 Å². The maximum Gasteiger partial charge on any atom is 0.262 e. The molecule has 3 aliphatic rings. The van der Waals surface area contributed by atoms with Crippen molar-refractivity contribution in [1.82, 2.24) is 15.1 Å². The second-order valence-electron chi connectivity index (χ2n) is 7.69. The number of piperazine rings is 1. The zero-order valence-corrected chi connectivity index (χ0v) is 16.2. The highest BCUT2D eigenvalue weighted by molar-refractivity contribution is 6.23. The van der Waals surface area contributed by atoms with Crippen LogP contribution in [0.15, 0.2) is 30.5 Å². The third-order valence-electron chi connectivity index (χ3n) is 5.81. The number of nitrogens with zero attached hydrogens (tertiary/aromatic N) is 3. The van der Waals surface area contributed by atoms with Crippen molar-refractivity contribution in [3.05, 3.63) is 41.6 Å². The number of rotatable bonds is 4. The van der Waals surface area contributed by atoms with E-state index in [4.69, 9.17) is 0 Å². The number of hydrogen-bond acceptors (Lipinski definition) is 5. The Morgan fingerprint density at radius 1 is 1.07 bits per heavy atom. The number of imide groups is 1. The number of anilines is 1. The number of carbonyl (C=O) groups is 3. The monoisotopic (exact) mass is 382 g/mol. The molecule has 1 aromatic rings. The van der Waals surface area contributed by atoms with Gasteiger partial charge in [-0.2, -0.15) is 0 Å². The third-order valence-corrected chi connectivity index (χ3v) is 5.81. The quantitative estimate of drug-likeness (QED) is 0.801. The van der Waals surface area contributed by atoms with E-state index in [0.717, 1.165) is 49.7 Å². The maximum absolute atomic E-state index is 13.0. The molecule has 0 spiro atoms. The molecule has 0 aliphatic carbocycles. The summed E-state index contributed by atoms with van der Waals surface area (Å²) in [7, 11) is 0. The van der Waals surface area contributed by atoms with Crippen LogP contribution in [-0.4, -0.2) is 66.3 Å². The fourth-order valence-corrected chi connectivity index (χ4v) is 4.28. The SMILES string of the molecule is C=C1CCC(N2C(=O)c3ccc(N4CCN(CCC)CC4)cc3C2=O)C(=O)N1. The van der Waals surface area contributed by atoms with E-state index >= 15 is 0 Å². The summed E-state index contributed by atoms with van der Waals surface area (Å²) in [5.41, 5.74) is 2.37. The van der Waals surface area contributed by atoms with E-state index in [1.807, 2.05) is 12.1 Å². The molecule has 28 heavy (non-hydrogen) atoms. The average Bonchev–Trinajstić information content (AvgIpc) is 2.93. The van der Waals surface area contributed by atoms with E-state index in [9.17, 15) is 14.4 Å². The Hall–Kier alpha value is -2.67. The third kappa shape index (κ3) is 3.20. The minimum Gasteiger partial charge on any atom is -0.369 e. The Kier molecular flexibility index (Phi) is 4.93. The van der Waals surface area contributed by atoms with Gasteiger partial charge >= 0.3 is 0 Å². The Labute approximate surface area is 165 Å². The van der Waals surface area contributed by atoms with Crippen LogP contribution in [0.5, 0.6) is 0 Å². The molecule has 4 rings (SSSR count). The molecule has 1 N–H and O–H groups in total. The lowest BCUT2D eigenvalue weighted by molar-refractivity contribution is -0.125. The average molecular weight is 382 g/mol. The largest absolute Gasteiger partial charge is 0.369 e. The van der Waals surface area contributed by atoms with Crippen molar-refractivity contribution >= 4 is 23.4 Å². The van der Waals surface area contributed by atoms with Gasteiger partial charge in [0.25, 0.3) is 11.8 Å². The summed E-state index contributed by atoms with van der Waals surface area (Å²) in [5.74, 6) is -1.09. The lowest BCUT2D eigenvalue weighted by Gasteiger charge is -2.36. The molecule has 0 saturated carbocycles. The van der Waals surface area contributed by atoms with Crippen LogP contribution >= 0.6 is 0 Å². The Morgan fingerprint density at radius 3 is 2.46 bits per heavy atom. The molecule has 7 nitrogen and oxygen atoms in total. The fourth-order valence-electron chi connectivity index (χ4n) is 4.28. The van der Waals surface area contributed by atoms with Gasteiger partial charge in [0.15, 0.2) is 0 Å². The molecule has 0 bridgehead atoms. The summed E-state index contributed by atoms with van der Waals surface area (Å²) in [4.78, 5) is 43.9. The molecule has 3 aliphatic heterocycles. The van der Waals surface area contributed by atoms with Crippen molar-refractivity contribution in [3.8, 4) is 0 Å². The van der Waals surface area contributed by atoms with Gasteiger partial charge in [-0.1, -0.05) is 13.5 Å². The number of nitrogens with one attached hydrogen (secondary N) is 1. The second-order valence-corrected chi connectivity index (χ2v) is 7.69. The minimum absolute atomic E-state index is 0.335. The highest BCUT2D eigenvalue weighted by Crippen LogP contribution is 2.31. The molecular formula is C21H26N4O3. The van der Waals surface area contributed by atoms with Crippen LogP contribution in [0, 0.1) is 0 Å². The minimum atomic E-state index is -0.765. The van der Waals surface area contributed by atoms with Gasteiger partial charge in [0.2, 0.25) is 5.91 Å². The number of benzene rings is 1. The van der Waals surface area contributed by atoms with E-state index < -0.39 is 6.04 Å². The Morgan fingerprint density at radius 2 is 1.79 bits per heavy atom. The molecule has 1 aromatic carbocycles. The van der Waals surface area contributed by atoms with Gasteiger partial charge in [0.1, 0.15) is 6.04 Å². The predicted octanol–water partition coefficient (Wildman–Crippen LogP) is 1.61. The lowest BCUT2D eigenvalue weighted by Crippen LogP contribution is -2.51. The molecule has 1 unspecified atom stereocenters. The molecule has 3 heterocycles. The van der Waals surface area contributed by atoms with Crippen molar-refractivity contribution in [2.45, 2.75) is 32.2 Å². The van der Waals surface area contributed by atoms with E-state index in [1.165, 1.54) is 0 Å². The lowest BCUT2D eigenvalue weighted by atomic mass is 10.0. The van der Waals surface area contributed by atoms with E-state index in [0.29, 0.717) is 29.7 Å². The highest BCUT2D eigenvalue weighted by Gasteiger charge is 2.44. The molecule has 2 fully saturated rings. The van der Waals surface area contributed by atoms with E-state index in [1.54, 1.807) is 6.07 Å². The topological polar surface area (TPSA) is 73.0 Å². The summed E-state index contributed by atoms with van der Waals surface area (Å²) >= 11 is 0. The molecule has 0 radical (unpaired) electrons. The van der Waals surface area contributed by atoms with Crippen molar-refractivity contribution < 1.29 is 14.4 Å². The summed E-state index contributed by atoms with van der Waals surface area (Å²) < 4.78 is 0. The number of fused-ring (bicyclic) bond motifs is 1. The number of piperidine rings is 1. The van der Waals surface area contributed by atoms with Crippen LogP contribution in [0.1, 0.15) is 46.9 Å². The smallest absolute Gasteiger partial charge is 0.262 e. The first-order valence-electron chi connectivity index (χ1n) is 9.97. The molecule has 3 amide bonds. The Bertz CT molecular complexity index is 842. The van der Waals surface area contributed by atoms with Crippen LogP contribution in [-0.2, 0) is 4.79 Å². The maximum atomic E-state index is 13.0. The van der Waals surface area contributed by atoms with Gasteiger partial charge in [-0.25, -0.2) is 0 Å².